The summed E-state index contributed by atoms with van der Waals surface area (Å²) in [7, 11) is 6.14. The summed E-state index contributed by atoms with van der Waals surface area (Å²) in [5.41, 5.74) is 0. The van der Waals surface area contributed by atoms with E-state index in [1.165, 1.54) is 25.7 Å². The summed E-state index contributed by atoms with van der Waals surface area (Å²) in [5.74, 6) is 0.933. The molecule has 24 heavy (non-hydrogen) atoms. The van der Waals surface area contributed by atoms with Crippen LogP contribution in [-0.4, -0.2) is 88.9 Å². The number of nitrogens with zero attached hydrogens (tertiary/aromatic N) is 3. The molecule has 0 radical (unpaired) electrons. The Morgan fingerprint density at radius 1 is 1.12 bits per heavy atom. The van der Waals surface area contributed by atoms with Gasteiger partial charge in [-0.05, 0) is 40.3 Å². The maximum Gasteiger partial charge on any atom is 0.191 e. The number of aliphatic imine (C=N–C) groups is 1. The van der Waals surface area contributed by atoms with Crippen LogP contribution in [0.3, 0.4) is 0 Å². The summed E-state index contributed by atoms with van der Waals surface area (Å²) in [5, 5.41) is 6.77. The topological polar surface area (TPSA) is 52.1 Å². The molecule has 0 aliphatic heterocycles. The van der Waals surface area contributed by atoms with E-state index < -0.39 is 0 Å². The van der Waals surface area contributed by atoms with Crippen LogP contribution in [0.15, 0.2) is 4.99 Å². The minimum absolute atomic E-state index is 0.775. The summed E-state index contributed by atoms with van der Waals surface area (Å²) in [4.78, 5) is 9.51. The molecule has 1 rings (SSSR count). The average molecular weight is 342 g/mol. The molecule has 142 valence electrons. The van der Waals surface area contributed by atoms with Crippen molar-refractivity contribution in [3.63, 3.8) is 0 Å². The lowest BCUT2D eigenvalue weighted by Crippen LogP contribution is -2.41. The fourth-order valence-electron chi connectivity index (χ4n) is 3.14. The van der Waals surface area contributed by atoms with E-state index in [1.54, 1.807) is 7.11 Å². The monoisotopic (exact) mass is 341 g/mol. The van der Waals surface area contributed by atoms with Gasteiger partial charge in [0.1, 0.15) is 0 Å². The Kier molecular flexibility index (Phi) is 11.9. The molecule has 0 aromatic heterocycles. The molecule has 6 heteroatoms. The number of guanidine groups is 1. The van der Waals surface area contributed by atoms with E-state index in [-0.39, 0.29) is 0 Å². The molecule has 0 amide bonds. The maximum atomic E-state index is 5.09. The number of likely N-dealkylation sites (N-methyl/N-ethyl adjacent to an activating group) is 2. The summed E-state index contributed by atoms with van der Waals surface area (Å²) >= 11 is 0. The van der Waals surface area contributed by atoms with Crippen molar-refractivity contribution in [3.8, 4) is 0 Å². The van der Waals surface area contributed by atoms with E-state index in [0.29, 0.717) is 0 Å². The van der Waals surface area contributed by atoms with Crippen molar-refractivity contribution in [2.45, 2.75) is 45.1 Å². The van der Waals surface area contributed by atoms with E-state index in [4.69, 9.17) is 9.73 Å². The third kappa shape index (κ3) is 9.45. The highest BCUT2D eigenvalue weighted by molar-refractivity contribution is 5.79. The summed E-state index contributed by atoms with van der Waals surface area (Å²) < 4.78 is 5.09. The van der Waals surface area contributed by atoms with Crippen molar-refractivity contribution in [2.75, 3.05) is 67.1 Å². The van der Waals surface area contributed by atoms with Crippen molar-refractivity contribution < 1.29 is 4.74 Å². The first kappa shape index (κ1) is 21.2. The molecule has 0 aromatic rings. The number of hydrogen-bond acceptors (Lipinski definition) is 4. The van der Waals surface area contributed by atoms with Crippen molar-refractivity contribution in [2.24, 2.45) is 4.99 Å². The van der Waals surface area contributed by atoms with Crippen LogP contribution in [0.25, 0.3) is 0 Å². The van der Waals surface area contributed by atoms with Crippen molar-refractivity contribution in [1.29, 1.82) is 0 Å². The second-order valence-corrected chi connectivity index (χ2v) is 6.76. The van der Waals surface area contributed by atoms with Crippen LogP contribution in [0.2, 0.25) is 0 Å². The number of methoxy groups -OCH3 is 1. The lowest BCUT2D eigenvalue weighted by molar-refractivity contribution is 0.180. The Hall–Kier alpha value is -0.850. The van der Waals surface area contributed by atoms with Crippen molar-refractivity contribution in [1.82, 2.24) is 20.4 Å². The molecule has 0 saturated heterocycles. The van der Waals surface area contributed by atoms with Gasteiger partial charge >= 0.3 is 0 Å². The normalized spacial score (nSPS) is 16.3. The SMILES string of the molecule is CCNC(=NCCN(C)C1CCCC1)NCCN(C)CCCOC. The lowest BCUT2D eigenvalue weighted by atomic mass is 10.2. The van der Waals surface area contributed by atoms with E-state index in [1.807, 2.05) is 0 Å². The predicted octanol–water partition coefficient (Wildman–Crippen LogP) is 1.38. The Morgan fingerprint density at radius 2 is 1.88 bits per heavy atom. The second kappa shape index (κ2) is 13.4. The minimum atomic E-state index is 0.775. The first-order valence-corrected chi connectivity index (χ1v) is 9.57. The van der Waals surface area contributed by atoms with Crippen LogP contribution < -0.4 is 10.6 Å². The molecule has 6 nitrogen and oxygen atoms in total. The van der Waals surface area contributed by atoms with Crippen LogP contribution >= 0.6 is 0 Å². The molecule has 1 aliphatic carbocycles. The molecule has 2 N–H and O–H groups in total. The smallest absolute Gasteiger partial charge is 0.191 e. The van der Waals surface area contributed by atoms with Gasteiger partial charge in [0.05, 0.1) is 6.54 Å². The largest absolute Gasteiger partial charge is 0.385 e. The third-order valence-corrected chi connectivity index (χ3v) is 4.69. The van der Waals surface area contributed by atoms with Gasteiger partial charge in [-0.2, -0.15) is 0 Å². The van der Waals surface area contributed by atoms with Gasteiger partial charge in [0.25, 0.3) is 0 Å². The highest BCUT2D eigenvalue weighted by Gasteiger charge is 2.18. The van der Waals surface area contributed by atoms with E-state index in [2.05, 4.69) is 41.5 Å². The standard InChI is InChI=1S/C18H39N5O/c1-5-19-18(20-11-14-22(2)13-8-16-24-4)21-12-15-23(3)17-9-6-7-10-17/h17H,5-16H2,1-4H3,(H2,19,20,21). The van der Waals surface area contributed by atoms with Crippen LogP contribution in [-0.2, 0) is 4.74 Å². The minimum Gasteiger partial charge on any atom is -0.385 e. The first-order chi connectivity index (χ1) is 11.7. The van der Waals surface area contributed by atoms with E-state index >= 15 is 0 Å². The van der Waals surface area contributed by atoms with Crippen molar-refractivity contribution in [3.05, 3.63) is 0 Å². The molecule has 0 unspecified atom stereocenters. The van der Waals surface area contributed by atoms with Crippen LogP contribution in [0.5, 0.6) is 0 Å². The molecule has 0 bridgehead atoms. The summed E-state index contributed by atoms with van der Waals surface area (Å²) in [6.07, 6.45) is 6.57. The molecule has 1 saturated carbocycles. The average Bonchev–Trinajstić information content (AvgIpc) is 3.09. The van der Waals surface area contributed by atoms with E-state index in [0.717, 1.165) is 64.3 Å². The van der Waals surface area contributed by atoms with Crippen molar-refractivity contribution >= 4 is 5.96 Å². The quantitative estimate of drug-likeness (QED) is 0.319. The van der Waals surface area contributed by atoms with Gasteiger partial charge in [0.2, 0.25) is 0 Å². The molecule has 1 fully saturated rings. The molecular formula is C18H39N5O. The third-order valence-electron chi connectivity index (χ3n) is 4.69. The number of hydrogen-bond donors (Lipinski definition) is 2. The summed E-state index contributed by atoms with van der Waals surface area (Å²) in [6, 6.07) is 0.775. The fraction of sp³-hybridized carbons (Fsp3) is 0.944. The second-order valence-electron chi connectivity index (χ2n) is 6.76. The number of nitrogens with one attached hydrogen (secondary N) is 2. The zero-order valence-electron chi connectivity index (χ0n) is 16.3. The highest BCUT2D eigenvalue weighted by Crippen LogP contribution is 2.21. The Morgan fingerprint density at radius 3 is 2.54 bits per heavy atom. The highest BCUT2D eigenvalue weighted by atomic mass is 16.5. The van der Waals surface area contributed by atoms with Gasteiger partial charge in [-0.3, -0.25) is 4.99 Å². The Labute approximate surface area is 149 Å². The van der Waals surface area contributed by atoms with Gasteiger partial charge in [-0.1, -0.05) is 12.8 Å². The Balaban J connectivity index is 2.21. The van der Waals surface area contributed by atoms with Gasteiger partial charge < -0.3 is 25.2 Å². The molecule has 0 atom stereocenters. The fourth-order valence-corrected chi connectivity index (χ4v) is 3.14. The Bertz CT molecular complexity index is 331. The molecule has 0 aromatic carbocycles. The molecular weight excluding hydrogens is 302 g/mol. The van der Waals surface area contributed by atoms with Gasteiger partial charge in [0.15, 0.2) is 5.96 Å². The van der Waals surface area contributed by atoms with Crippen LogP contribution in [0, 0.1) is 0 Å². The zero-order valence-corrected chi connectivity index (χ0v) is 16.3. The first-order valence-electron chi connectivity index (χ1n) is 9.57. The molecule has 0 heterocycles. The lowest BCUT2D eigenvalue weighted by Gasteiger charge is -2.23. The van der Waals surface area contributed by atoms with Crippen LogP contribution in [0.1, 0.15) is 39.0 Å². The number of ether oxygens (including phenoxy) is 1. The van der Waals surface area contributed by atoms with Gasteiger partial charge in [-0.25, -0.2) is 0 Å². The van der Waals surface area contributed by atoms with Gasteiger partial charge in [0, 0.05) is 52.5 Å². The zero-order chi connectivity index (χ0) is 17.6. The number of rotatable bonds is 12. The van der Waals surface area contributed by atoms with Crippen LogP contribution in [0.4, 0.5) is 0 Å². The molecule has 1 aliphatic rings. The molecule has 0 spiro atoms. The van der Waals surface area contributed by atoms with Gasteiger partial charge in [-0.15, -0.1) is 0 Å². The predicted molar refractivity (Wildman–Crippen MR) is 103 cm³/mol. The summed E-state index contributed by atoms with van der Waals surface area (Å²) in [6.45, 7) is 8.71. The maximum absolute atomic E-state index is 5.09. The van der Waals surface area contributed by atoms with E-state index in [9.17, 15) is 0 Å².